The van der Waals surface area contributed by atoms with Crippen molar-refractivity contribution < 1.29 is 23.8 Å². The van der Waals surface area contributed by atoms with Crippen LogP contribution in [0.3, 0.4) is 0 Å². The van der Waals surface area contributed by atoms with Crippen molar-refractivity contribution in [3.63, 3.8) is 0 Å². The number of nitrogens with one attached hydrogen (secondary N) is 1. The van der Waals surface area contributed by atoms with Crippen molar-refractivity contribution in [3.8, 4) is 11.5 Å². The van der Waals surface area contributed by atoms with Crippen LogP contribution in [0.5, 0.6) is 11.5 Å². The number of carbonyl (C=O) groups is 2. The van der Waals surface area contributed by atoms with Gasteiger partial charge in [0.15, 0.2) is 11.5 Å². The number of methoxy groups -OCH3 is 1. The van der Waals surface area contributed by atoms with E-state index in [0.717, 1.165) is 42.7 Å². The molecule has 39 heavy (non-hydrogen) atoms. The van der Waals surface area contributed by atoms with Crippen LogP contribution in [0.4, 0.5) is 0 Å². The molecule has 2 amide bonds. The van der Waals surface area contributed by atoms with Crippen LogP contribution in [-0.2, 0) is 16.1 Å². The van der Waals surface area contributed by atoms with Gasteiger partial charge in [-0.3, -0.25) is 9.59 Å². The molecule has 10 nitrogen and oxygen atoms in total. The fourth-order valence-electron chi connectivity index (χ4n) is 5.36. The van der Waals surface area contributed by atoms with Gasteiger partial charge in [-0.2, -0.15) is 0 Å². The summed E-state index contributed by atoms with van der Waals surface area (Å²) in [7, 11) is 1.71. The predicted octanol–water partition coefficient (Wildman–Crippen LogP) is 2.70. The van der Waals surface area contributed by atoms with Gasteiger partial charge < -0.3 is 34.7 Å². The molecule has 0 saturated carbocycles. The molecule has 0 spiro atoms. The highest BCUT2D eigenvalue weighted by Crippen LogP contribution is 2.31. The first-order valence-electron chi connectivity index (χ1n) is 13.7. The Bertz CT molecular complexity index is 1310. The lowest BCUT2D eigenvalue weighted by atomic mass is 9.96. The average molecular weight is 536 g/mol. The Kier molecular flexibility index (Phi) is 8.63. The van der Waals surface area contributed by atoms with Crippen LogP contribution in [0.25, 0.3) is 11.0 Å². The lowest BCUT2D eigenvalue weighted by Gasteiger charge is -2.33. The summed E-state index contributed by atoms with van der Waals surface area (Å²) in [6.45, 7) is 3.97. The van der Waals surface area contributed by atoms with Gasteiger partial charge in [-0.1, -0.05) is 12.1 Å². The second-order valence-corrected chi connectivity index (χ2v) is 10.2. The number of imidazole rings is 1. The van der Waals surface area contributed by atoms with E-state index in [1.165, 1.54) is 0 Å². The van der Waals surface area contributed by atoms with Crippen molar-refractivity contribution >= 4 is 22.8 Å². The zero-order chi connectivity index (χ0) is 27.2. The van der Waals surface area contributed by atoms with Crippen LogP contribution in [0.1, 0.15) is 47.8 Å². The molecule has 208 valence electrons. The zero-order valence-electron chi connectivity index (χ0n) is 22.4. The van der Waals surface area contributed by atoms with Gasteiger partial charge >= 0.3 is 0 Å². The number of hydrogen-bond donors (Lipinski definition) is 2. The number of aryl methyl sites for hydroxylation is 1. The summed E-state index contributed by atoms with van der Waals surface area (Å²) < 4.78 is 18.6. The van der Waals surface area contributed by atoms with Gasteiger partial charge in [0.05, 0.1) is 11.0 Å². The third kappa shape index (κ3) is 6.34. The van der Waals surface area contributed by atoms with Crippen LogP contribution in [0.15, 0.2) is 42.5 Å². The molecule has 0 bridgehead atoms. The maximum Gasteiger partial charge on any atom is 0.251 e. The van der Waals surface area contributed by atoms with Crippen LogP contribution in [0, 0.1) is 0 Å². The Labute approximate surface area is 228 Å². The molecule has 10 heteroatoms. The Morgan fingerprint density at radius 3 is 2.85 bits per heavy atom. The van der Waals surface area contributed by atoms with E-state index in [2.05, 4.69) is 16.0 Å². The number of amides is 2. The quantitative estimate of drug-likeness (QED) is 0.383. The van der Waals surface area contributed by atoms with E-state index in [1.807, 2.05) is 23.1 Å². The number of likely N-dealkylation sites (tertiary alicyclic amines) is 1. The van der Waals surface area contributed by atoms with Crippen molar-refractivity contribution in [2.75, 3.05) is 46.6 Å². The van der Waals surface area contributed by atoms with Gasteiger partial charge in [-0.25, -0.2) is 4.98 Å². The van der Waals surface area contributed by atoms with E-state index < -0.39 is 6.04 Å². The highest BCUT2D eigenvalue weighted by molar-refractivity contribution is 5.95. The van der Waals surface area contributed by atoms with Crippen molar-refractivity contribution in [1.29, 1.82) is 0 Å². The number of aromatic nitrogens is 2. The van der Waals surface area contributed by atoms with E-state index >= 15 is 0 Å². The highest BCUT2D eigenvalue weighted by Gasteiger charge is 2.29. The predicted molar refractivity (Wildman–Crippen MR) is 147 cm³/mol. The minimum absolute atomic E-state index is 0.00261. The summed E-state index contributed by atoms with van der Waals surface area (Å²) in [6, 6.07) is 12.8. The first-order chi connectivity index (χ1) is 19.0. The van der Waals surface area contributed by atoms with Crippen molar-refractivity contribution in [2.24, 2.45) is 5.73 Å². The maximum absolute atomic E-state index is 13.2. The van der Waals surface area contributed by atoms with Gasteiger partial charge in [-0.05, 0) is 49.6 Å². The lowest BCUT2D eigenvalue weighted by Crippen LogP contribution is -2.45. The Hall–Kier alpha value is -3.63. The van der Waals surface area contributed by atoms with E-state index in [4.69, 9.17) is 24.9 Å². The average Bonchev–Trinajstić information content (AvgIpc) is 3.34. The molecule has 3 aromatic rings. The molecular weight excluding hydrogens is 498 g/mol. The Balaban J connectivity index is 1.17. The maximum atomic E-state index is 13.2. The molecule has 0 radical (unpaired) electrons. The van der Waals surface area contributed by atoms with Gasteiger partial charge in [0.1, 0.15) is 19.0 Å². The third-order valence-corrected chi connectivity index (χ3v) is 7.32. The van der Waals surface area contributed by atoms with E-state index in [9.17, 15) is 9.59 Å². The standard InChI is InChI=1S/C29H37N5O5/c1-37-13-5-12-34-24-8-3-2-7-23(24)32-28(34)21-6-4-11-33(19-21)27(35)17-22(30)18-31-29(36)20-9-10-25-26(16-20)39-15-14-38-25/h2-3,7-10,16,21-22H,4-6,11-15,17-19,30H2,1H3,(H,31,36). The normalized spacial score (nSPS) is 17.7. The number of benzene rings is 2. The minimum atomic E-state index is -0.488. The summed E-state index contributed by atoms with van der Waals surface area (Å²) in [5.41, 5.74) is 8.82. The Morgan fingerprint density at radius 1 is 1.18 bits per heavy atom. The molecule has 2 aliphatic rings. The molecule has 3 heterocycles. The van der Waals surface area contributed by atoms with E-state index in [-0.39, 0.29) is 30.7 Å². The monoisotopic (exact) mass is 535 g/mol. The van der Waals surface area contributed by atoms with E-state index in [0.29, 0.717) is 50.0 Å². The van der Waals surface area contributed by atoms with E-state index in [1.54, 1.807) is 25.3 Å². The molecule has 3 N–H and O–H groups in total. The number of nitrogens with zero attached hydrogens (tertiary/aromatic N) is 3. The second kappa shape index (κ2) is 12.5. The first kappa shape index (κ1) is 27.0. The molecule has 2 aliphatic heterocycles. The first-order valence-corrected chi connectivity index (χ1v) is 13.7. The van der Waals surface area contributed by atoms with Gasteiger partial charge in [-0.15, -0.1) is 0 Å². The number of carbonyl (C=O) groups excluding carboxylic acids is 2. The third-order valence-electron chi connectivity index (χ3n) is 7.32. The summed E-state index contributed by atoms with van der Waals surface area (Å²) in [5, 5.41) is 2.84. The largest absolute Gasteiger partial charge is 0.486 e. The summed E-state index contributed by atoms with van der Waals surface area (Å²) >= 11 is 0. The molecule has 2 unspecified atom stereocenters. The molecule has 1 saturated heterocycles. The molecule has 1 aromatic heterocycles. The number of fused-ring (bicyclic) bond motifs is 2. The van der Waals surface area contributed by atoms with Gasteiger partial charge in [0, 0.05) is 63.8 Å². The van der Waals surface area contributed by atoms with Crippen LogP contribution in [-0.4, -0.2) is 78.9 Å². The van der Waals surface area contributed by atoms with Crippen molar-refractivity contribution in [1.82, 2.24) is 19.8 Å². The number of piperidine rings is 1. The van der Waals surface area contributed by atoms with Crippen molar-refractivity contribution in [3.05, 3.63) is 53.9 Å². The number of hydrogen-bond acceptors (Lipinski definition) is 7. The second-order valence-electron chi connectivity index (χ2n) is 10.2. The molecule has 2 atom stereocenters. The summed E-state index contributed by atoms with van der Waals surface area (Å²) in [5.74, 6) is 2.11. The number of para-hydroxylation sites is 2. The highest BCUT2D eigenvalue weighted by atomic mass is 16.6. The fraction of sp³-hybridized carbons (Fsp3) is 0.483. The molecule has 2 aromatic carbocycles. The zero-order valence-corrected chi connectivity index (χ0v) is 22.4. The SMILES string of the molecule is COCCCn1c(C2CCCN(C(=O)CC(N)CNC(=O)c3ccc4c(c3)OCCO4)C2)nc2ccccc21. The lowest BCUT2D eigenvalue weighted by molar-refractivity contribution is -0.132. The van der Waals surface area contributed by atoms with Crippen molar-refractivity contribution in [2.45, 2.75) is 44.2 Å². The molecule has 0 aliphatic carbocycles. The fourth-order valence-corrected chi connectivity index (χ4v) is 5.36. The smallest absolute Gasteiger partial charge is 0.251 e. The van der Waals surface area contributed by atoms with Gasteiger partial charge in [0.25, 0.3) is 5.91 Å². The van der Waals surface area contributed by atoms with Crippen LogP contribution in [0.2, 0.25) is 0 Å². The molecule has 1 fully saturated rings. The minimum Gasteiger partial charge on any atom is -0.486 e. The van der Waals surface area contributed by atoms with Crippen LogP contribution >= 0.6 is 0 Å². The Morgan fingerprint density at radius 2 is 2.00 bits per heavy atom. The molecule has 5 rings (SSSR count). The number of rotatable bonds is 10. The van der Waals surface area contributed by atoms with Crippen LogP contribution < -0.4 is 20.5 Å². The topological polar surface area (TPSA) is 121 Å². The number of ether oxygens (including phenoxy) is 3. The van der Waals surface area contributed by atoms with Gasteiger partial charge in [0.2, 0.25) is 5.91 Å². The summed E-state index contributed by atoms with van der Waals surface area (Å²) in [6.07, 6.45) is 2.95. The number of nitrogens with two attached hydrogens (primary N) is 1. The molecular formula is C29H37N5O5. The summed E-state index contributed by atoms with van der Waals surface area (Å²) in [4.78, 5) is 32.7.